The maximum absolute atomic E-state index is 13.5. The first-order chi connectivity index (χ1) is 17.6. The zero-order valence-electron chi connectivity index (χ0n) is 20.0. The van der Waals surface area contributed by atoms with Crippen molar-refractivity contribution in [3.8, 4) is 0 Å². The Morgan fingerprint density at radius 2 is 1.73 bits per heavy atom. The van der Waals surface area contributed by atoms with Crippen LogP contribution in [0.1, 0.15) is 33.1 Å². The fourth-order valence-electron chi connectivity index (χ4n) is 4.15. The molecule has 0 aromatic heterocycles. The standard InChI is InChI=1S/C27H26F3N5O2/c1-33-25(36)18-7-5-16(6-8-18)14-35-15-22(34-21-4-2-3-19(13-21)27(28,29)30)23(26(35)37)24(32)17-9-11-20(31)12-10-17/h2-13,24,34H,14-15,31-32H2,1H3,(H,33,36)/t24-/m1/s1. The topological polar surface area (TPSA) is 113 Å². The van der Waals surface area contributed by atoms with Crippen LogP contribution < -0.4 is 22.1 Å². The number of nitrogens with two attached hydrogens (primary N) is 2. The first kappa shape index (κ1) is 25.8. The summed E-state index contributed by atoms with van der Waals surface area (Å²) in [6.07, 6.45) is -4.51. The maximum atomic E-state index is 13.5. The van der Waals surface area contributed by atoms with Crippen molar-refractivity contribution in [2.24, 2.45) is 5.73 Å². The molecule has 3 aromatic carbocycles. The van der Waals surface area contributed by atoms with E-state index in [0.29, 0.717) is 22.5 Å². The van der Waals surface area contributed by atoms with E-state index in [4.69, 9.17) is 11.5 Å². The highest BCUT2D eigenvalue weighted by molar-refractivity contribution is 5.99. The van der Waals surface area contributed by atoms with Crippen molar-refractivity contribution in [3.05, 3.63) is 106 Å². The second kappa shape index (κ2) is 10.4. The molecule has 0 aliphatic carbocycles. The van der Waals surface area contributed by atoms with E-state index >= 15 is 0 Å². The van der Waals surface area contributed by atoms with Crippen molar-refractivity contribution in [1.82, 2.24) is 10.2 Å². The van der Waals surface area contributed by atoms with Crippen LogP contribution in [-0.2, 0) is 17.5 Å². The smallest absolute Gasteiger partial charge is 0.399 e. The van der Waals surface area contributed by atoms with Gasteiger partial charge in [0.2, 0.25) is 0 Å². The van der Waals surface area contributed by atoms with Crippen molar-refractivity contribution < 1.29 is 22.8 Å². The molecule has 1 atom stereocenters. The fraction of sp³-hybridized carbons (Fsp3) is 0.185. The minimum Gasteiger partial charge on any atom is -0.399 e. The number of carbonyl (C=O) groups excluding carboxylic acids is 2. The second-order valence-corrected chi connectivity index (χ2v) is 8.68. The number of carbonyl (C=O) groups is 2. The van der Waals surface area contributed by atoms with E-state index in [1.54, 1.807) is 53.4 Å². The molecule has 1 aliphatic heterocycles. The molecule has 3 aromatic rings. The molecule has 10 heteroatoms. The molecule has 2 amide bonds. The molecule has 6 N–H and O–H groups in total. The van der Waals surface area contributed by atoms with Crippen molar-refractivity contribution in [2.75, 3.05) is 24.6 Å². The highest BCUT2D eigenvalue weighted by Gasteiger charge is 2.35. The summed E-state index contributed by atoms with van der Waals surface area (Å²) < 4.78 is 39.8. The zero-order chi connectivity index (χ0) is 26.7. The van der Waals surface area contributed by atoms with Gasteiger partial charge in [0.05, 0.1) is 23.7 Å². The second-order valence-electron chi connectivity index (χ2n) is 8.68. The molecule has 37 heavy (non-hydrogen) atoms. The monoisotopic (exact) mass is 509 g/mol. The van der Waals surface area contributed by atoms with Crippen LogP contribution in [0.2, 0.25) is 0 Å². The lowest BCUT2D eigenvalue weighted by Crippen LogP contribution is -2.29. The molecular formula is C27H26F3N5O2. The predicted molar refractivity (Wildman–Crippen MR) is 135 cm³/mol. The van der Waals surface area contributed by atoms with Gasteiger partial charge >= 0.3 is 6.18 Å². The molecule has 7 nitrogen and oxygen atoms in total. The first-order valence-corrected chi connectivity index (χ1v) is 11.5. The summed E-state index contributed by atoms with van der Waals surface area (Å²) >= 11 is 0. The van der Waals surface area contributed by atoms with Crippen molar-refractivity contribution in [2.45, 2.75) is 18.8 Å². The lowest BCUT2D eigenvalue weighted by atomic mass is 9.98. The molecule has 0 fully saturated rings. The Hall–Kier alpha value is -4.31. The first-order valence-electron chi connectivity index (χ1n) is 11.5. The van der Waals surface area contributed by atoms with Crippen molar-refractivity contribution in [1.29, 1.82) is 0 Å². The normalized spacial score (nSPS) is 14.6. The highest BCUT2D eigenvalue weighted by Crippen LogP contribution is 2.34. The van der Waals surface area contributed by atoms with Crippen LogP contribution in [0.3, 0.4) is 0 Å². The Bertz CT molecular complexity index is 1340. The number of nitrogen functional groups attached to an aromatic ring is 1. The number of hydrogen-bond donors (Lipinski definition) is 4. The van der Waals surface area contributed by atoms with Crippen LogP contribution in [0, 0.1) is 0 Å². The number of nitrogens with one attached hydrogen (secondary N) is 2. The van der Waals surface area contributed by atoms with Gasteiger partial charge in [-0.2, -0.15) is 13.2 Å². The minimum absolute atomic E-state index is 0.115. The third-order valence-corrected chi connectivity index (χ3v) is 6.10. The third kappa shape index (κ3) is 5.75. The van der Waals surface area contributed by atoms with Gasteiger partial charge in [0.15, 0.2) is 0 Å². The molecule has 0 saturated carbocycles. The van der Waals surface area contributed by atoms with Gasteiger partial charge in [-0.1, -0.05) is 30.3 Å². The van der Waals surface area contributed by atoms with Crippen molar-refractivity contribution >= 4 is 23.2 Å². The number of alkyl halides is 3. The van der Waals surface area contributed by atoms with Gasteiger partial charge in [-0.25, -0.2) is 0 Å². The molecular weight excluding hydrogens is 483 g/mol. The van der Waals surface area contributed by atoms with Gasteiger partial charge in [-0.05, 0) is 53.6 Å². The number of hydrogen-bond acceptors (Lipinski definition) is 5. The number of anilines is 2. The molecule has 0 bridgehead atoms. The number of nitrogens with zero attached hydrogens (tertiary/aromatic N) is 1. The molecule has 0 unspecified atom stereocenters. The lowest BCUT2D eigenvalue weighted by molar-refractivity contribution is -0.137. The molecule has 0 spiro atoms. The van der Waals surface area contributed by atoms with Gasteiger partial charge in [-0.15, -0.1) is 0 Å². The molecule has 1 aliphatic rings. The zero-order valence-corrected chi connectivity index (χ0v) is 20.0. The largest absolute Gasteiger partial charge is 0.416 e. The van der Waals surface area contributed by atoms with Gasteiger partial charge in [0, 0.05) is 36.2 Å². The van der Waals surface area contributed by atoms with E-state index in [0.717, 1.165) is 17.7 Å². The van der Waals surface area contributed by atoms with Crippen LogP contribution >= 0.6 is 0 Å². The van der Waals surface area contributed by atoms with E-state index in [1.165, 1.54) is 19.2 Å². The van der Waals surface area contributed by atoms with Gasteiger partial charge < -0.3 is 27.0 Å². The van der Waals surface area contributed by atoms with Crippen LogP contribution in [0.5, 0.6) is 0 Å². The Morgan fingerprint density at radius 1 is 1.05 bits per heavy atom. The van der Waals surface area contributed by atoms with Gasteiger partial charge in [0.25, 0.3) is 11.8 Å². The summed E-state index contributed by atoms with van der Waals surface area (Å²) in [6.45, 7) is 0.336. The van der Waals surface area contributed by atoms with E-state index < -0.39 is 17.8 Å². The summed E-state index contributed by atoms with van der Waals surface area (Å²) in [5.74, 6) is -0.566. The Balaban J connectivity index is 1.64. The van der Waals surface area contributed by atoms with Crippen molar-refractivity contribution in [3.63, 3.8) is 0 Å². The molecule has 0 saturated heterocycles. The van der Waals surface area contributed by atoms with E-state index in [9.17, 15) is 22.8 Å². The van der Waals surface area contributed by atoms with Gasteiger partial charge in [-0.3, -0.25) is 9.59 Å². The molecule has 0 radical (unpaired) electrons. The SMILES string of the molecule is CNC(=O)c1ccc(CN2CC(Nc3cccc(C(F)(F)F)c3)=C([C@H](N)c3ccc(N)cc3)C2=O)cc1. The number of halogens is 3. The van der Waals surface area contributed by atoms with Crippen LogP contribution in [0.4, 0.5) is 24.5 Å². The predicted octanol–water partition coefficient (Wildman–Crippen LogP) is 4.06. The molecule has 1 heterocycles. The number of rotatable bonds is 7. The number of benzene rings is 3. The number of amides is 2. The fourth-order valence-corrected chi connectivity index (χ4v) is 4.15. The van der Waals surface area contributed by atoms with E-state index in [1.807, 2.05) is 0 Å². The van der Waals surface area contributed by atoms with Crippen LogP contribution in [0.25, 0.3) is 0 Å². The summed E-state index contributed by atoms with van der Waals surface area (Å²) in [5.41, 5.74) is 14.8. The van der Waals surface area contributed by atoms with E-state index in [-0.39, 0.29) is 36.2 Å². The Morgan fingerprint density at radius 3 is 2.35 bits per heavy atom. The lowest BCUT2D eigenvalue weighted by Gasteiger charge is -2.19. The molecule has 4 rings (SSSR count). The summed E-state index contributed by atoms with van der Waals surface area (Å²) in [7, 11) is 1.54. The van der Waals surface area contributed by atoms with E-state index in [2.05, 4.69) is 10.6 Å². The summed E-state index contributed by atoms with van der Waals surface area (Å²) in [4.78, 5) is 26.9. The Kier molecular flexibility index (Phi) is 7.21. The van der Waals surface area contributed by atoms with Crippen LogP contribution in [-0.4, -0.2) is 30.3 Å². The highest BCUT2D eigenvalue weighted by atomic mass is 19.4. The third-order valence-electron chi connectivity index (χ3n) is 6.10. The Labute approximate surface area is 211 Å². The van der Waals surface area contributed by atoms with Gasteiger partial charge in [0.1, 0.15) is 0 Å². The summed E-state index contributed by atoms with van der Waals surface area (Å²) in [6, 6.07) is 17.5. The minimum atomic E-state index is -4.51. The average molecular weight is 510 g/mol. The molecule has 192 valence electrons. The maximum Gasteiger partial charge on any atom is 0.416 e. The summed E-state index contributed by atoms with van der Waals surface area (Å²) in [5, 5.41) is 5.55. The quantitative estimate of drug-likeness (QED) is 0.359. The van der Waals surface area contributed by atoms with Crippen LogP contribution in [0.15, 0.2) is 84.1 Å². The average Bonchev–Trinajstić information content (AvgIpc) is 3.17.